The van der Waals surface area contributed by atoms with Crippen LogP contribution < -0.4 is 5.73 Å². The Bertz CT molecular complexity index is 326. The van der Waals surface area contributed by atoms with Gasteiger partial charge >= 0.3 is 0 Å². The molecule has 1 aliphatic rings. The van der Waals surface area contributed by atoms with Crippen LogP contribution in [-0.2, 0) is 6.54 Å². The third kappa shape index (κ3) is 3.03. The van der Waals surface area contributed by atoms with Crippen molar-refractivity contribution in [2.75, 3.05) is 13.1 Å². The fourth-order valence-electron chi connectivity index (χ4n) is 2.24. The smallest absolute Gasteiger partial charge is 0.0544 e. The highest BCUT2D eigenvalue weighted by Crippen LogP contribution is 2.18. The van der Waals surface area contributed by atoms with E-state index >= 15 is 0 Å². The average Bonchev–Trinajstić information content (AvgIpc) is 2.33. The van der Waals surface area contributed by atoms with Crippen LogP contribution in [-0.4, -0.2) is 29.0 Å². The lowest BCUT2D eigenvalue weighted by atomic mass is 10.0. The number of likely N-dealkylation sites (tertiary alicyclic amines) is 1. The summed E-state index contributed by atoms with van der Waals surface area (Å²) in [6.45, 7) is 2.84. The zero-order valence-electron chi connectivity index (χ0n) is 9.40. The highest BCUT2D eigenvalue weighted by atomic mass is 79.9. The number of nitrogens with zero attached hydrogens (tertiary/aromatic N) is 2. The standard InChI is InChI=1S/C12H18BrN3/c13-10-4-5-11(15-8-10)9-16-6-2-1-3-12(16)7-14/h4-5,8,12H,1-3,6-7,9,14H2. The molecular formula is C12H18BrN3. The van der Waals surface area contributed by atoms with E-state index < -0.39 is 0 Å². The van der Waals surface area contributed by atoms with Gasteiger partial charge in [0.05, 0.1) is 5.69 Å². The summed E-state index contributed by atoms with van der Waals surface area (Å²) in [5, 5.41) is 0. The summed E-state index contributed by atoms with van der Waals surface area (Å²) in [6.07, 6.45) is 5.68. The Hall–Kier alpha value is -0.450. The van der Waals surface area contributed by atoms with E-state index in [9.17, 15) is 0 Å². The fraction of sp³-hybridized carbons (Fsp3) is 0.583. The van der Waals surface area contributed by atoms with Crippen molar-refractivity contribution in [1.82, 2.24) is 9.88 Å². The highest BCUT2D eigenvalue weighted by molar-refractivity contribution is 9.10. The number of rotatable bonds is 3. The molecule has 1 aromatic heterocycles. The summed E-state index contributed by atoms with van der Waals surface area (Å²) in [6, 6.07) is 4.66. The Balaban J connectivity index is 1.99. The third-order valence-electron chi connectivity index (χ3n) is 3.17. The van der Waals surface area contributed by atoms with Crippen LogP contribution in [0.25, 0.3) is 0 Å². The predicted octanol–water partition coefficient (Wildman–Crippen LogP) is 2.16. The van der Waals surface area contributed by atoms with E-state index in [1.165, 1.54) is 19.3 Å². The molecular weight excluding hydrogens is 266 g/mol. The minimum absolute atomic E-state index is 0.541. The largest absolute Gasteiger partial charge is 0.329 e. The number of halogens is 1. The second-order valence-electron chi connectivity index (χ2n) is 4.32. The van der Waals surface area contributed by atoms with Gasteiger partial charge in [0.15, 0.2) is 0 Å². The normalized spacial score (nSPS) is 22.2. The van der Waals surface area contributed by atoms with E-state index in [2.05, 4.69) is 31.9 Å². The number of aromatic nitrogens is 1. The molecule has 1 saturated heterocycles. The molecule has 0 aromatic carbocycles. The maximum absolute atomic E-state index is 5.80. The molecule has 3 nitrogen and oxygen atoms in total. The summed E-state index contributed by atoms with van der Waals surface area (Å²) < 4.78 is 1.03. The number of hydrogen-bond acceptors (Lipinski definition) is 3. The topological polar surface area (TPSA) is 42.1 Å². The van der Waals surface area contributed by atoms with Crippen LogP contribution in [0, 0.1) is 0 Å². The van der Waals surface area contributed by atoms with E-state index in [0.717, 1.165) is 29.8 Å². The van der Waals surface area contributed by atoms with E-state index in [1.54, 1.807) is 0 Å². The molecule has 1 aromatic rings. The average molecular weight is 284 g/mol. The first-order chi connectivity index (χ1) is 7.79. The van der Waals surface area contributed by atoms with Gasteiger partial charge in [-0.1, -0.05) is 6.42 Å². The number of nitrogens with two attached hydrogens (primary N) is 1. The van der Waals surface area contributed by atoms with Crippen molar-refractivity contribution in [1.29, 1.82) is 0 Å². The maximum atomic E-state index is 5.80. The molecule has 4 heteroatoms. The molecule has 1 atom stereocenters. The first-order valence-electron chi connectivity index (χ1n) is 5.84. The molecule has 0 amide bonds. The van der Waals surface area contributed by atoms with Crippen molar-refractivity contribution in [3.8, 4) is 0 Å². The molecule has 2 heterocycles. The van der Waals surface area contributed by atoms with Crippen LogP contribution in [0.5, 0.6) is 0 Å². The summed E-state index contributed by atoms with van der Waals surface area (Å²) in [5.41, 5.74) is 6.93. The third-order valence-corrected chi connectivity index (χ3v) is 3.64. The minimum atomic E-state index is 0.541. The van der Waals surface area contributed by atoms with Gasteiger partial charge in [-0.25, -0.2) is 0 Å². The zero-order chi connectivity index (χ0) is 11.4. The fourth-order valence-corrected chi connectivity index (χ4v) is 2.48. The second kappa shape index (κ2) is 5.75. The van der Waals surface area contributed by atoms with Crippen molar-refractivity contribution in [2.24, 2.45) is 5.73 Å². The molecule has 1 unspecified atom stereocenters. The van der Waals surface area contributed by atoms with E-state index in [4.69, 9.17) is 5.73 Å². The van der Waals surface area contributed by atoms with Crippen molar-refractivity contribution in [3.05, 3.63) is 28.5 Å². The summed E-state index contributed by atoms with van der Waals surface area (Å²) in [4.78, 5) is 6.87. The van der Waals surface area contributed by atoms with Crippen molar-refractivity contribution in [3.63, 3.8) is 0 Å². The highest BCUT2D eigenvalue weighted by Gasteiger charge is 2.21. The molecule has 1 aliphatic heterocycles. The number of hydrogen-bond donors (Lipinski definition) is 1. The second-order valence-corrected chi connectivity index (χ2v) is 5.24. The Morgan fingerprint density at radius 3 is 3.00 bits per heavy atom. The molecule has 0 aliphatic carbocycles. The van der Waals surface area contributed by atoms with Crippen LogP contribution in [0.3, 0.4) is 0 Å². The summed E-state index contributed by atoms with van der Waals surface area (Å²) in [5.74, 6) is 0. The summed E-state index contributed by atoms with van der Waals surface area (Å²) in [7, 11) is 0. The van der Waals surface area contributed by atoms with Crippen LogP contribution in [0.4, 0.5) is 0 Å². The van der Waals surface area contributed by atoms with E-state index in [0.29, 0.717) is 6.04 Å². The van der Waals surface area contributed by atoms with E-state index in [1.807, 2.05) is 12.3 Å². The van der Waals surface area contributed by atoms with Crippen molar-refractivity contribution in [2.45, 2.75) is 31.8 Å². The molecule has 0 bridgehead atoms. The monoisotopic (exact) mass is 283 g/mol. The molecule has 2 N–H and O–H groups in total. The SMILES string of the molecule is NCC1CCCCN1Cc1ccc(Br)cn1. The van der Waals surface area contributed by atoms with Crippen molar-refractivity contribution < 1.29 is 0 Å². The predicted molar refractivity (Wildman–Crippen MR) is 69.0 cm³/mol. The van der Waals surface area contributed by atoms with Gasteiger partial charge in [-0.15, -0.1) is 0 Å². The van der Waals surface area contributed by atoms with Gasteiger partial charge in [0.1, 0.15) is 0 Å². The van der Waals surface area contributed by atoms with Crippen LogP contribution >= 0.6 is 15.9 Å². The van der Waals surface area contributed by atoms with Gasteiger partial charge in [-0.05, 0) is 47.4 Å². The van der Waals surface area contributed by atoms with Gasteiger partial charge in [-0.3, -0.25) is 9.88 Å². The lowest BCUT2D eigenvalue weighted by Crippen LogP contribution is -2.43. The maximum Gasteiger partial charge on any atom is 0.0544 e. The molecule has 1 fully saturated rings. The summed E-state index contributed by atoms with van der Waals surface area (Å²) >= 11 is 3.40. The Morgan fingerprint density at radius 1 is 1.44 bits per heavy atom. The van der Waals surface area contributed by atoms with Gasteiger partial charge in [0.25, 0.3) is 0 Å². The molecule has 0 saturated carbocycles. The molecule has 2 rings (SSSR count). The lowest BCUT2D eigenvalue weighted by Gasteiger charge is -2.34. The molecule has 0 spiro atoms. The molecule has 16 heavy (non-hydrogen) atoms. The van der Waals surface area contributed by atoms with Gasteiger partial charge in [-0.2, -0.15) is 0 Å². The van der Waals surface area contributed by atoms with Crippen LogP contribution in [0.2, 0.25) is 0 Å². The van der Waals surface area contributed by atoms with Gasteiger partial charge < -0.3 is 5.73 Å². The molecule has 88 valence electrons. The van der Waals surface area contributed by atoms with Gasteiger partial charge in [0, 0.05) is 29.8 Å². The Kier molecular flexibility index (Phi) is 4.32. The Morgan fingerprint density at radius 2 is 2.31 bits per heavy atom. The zero-order valence-corrected chi connectivity index (χ0v) is 11.0. The number of pyridine rings is 1. The van der Waals surface area contributed by atoms with Crippen LogP contribution in [0.1, 0.15) is 25.0 Å². The van der Waals surface area contributed by atoms with Crippen LogP contribution in [0.15, 0.2) is 22.8 Å². The van der Waals surface area contributed by atoms with E-state index in [-0.39, 0.29) is 0 Å². The quantitative estimate of drug-likeness (QED) is 0.925. The lowest BCUT2D eigenvalue weighted by molar-refractivity contribution is 0.143. The number of piperidine rings is 1. The first-order valence-corrected chi connectivity index (χ1v) is 6.63. The Labute approximate surface area is 105 Å². The van der Waals surface area contributed by atoms with Gasteiger partial charge in [0.2, 0.25) is 0 Å². The first kappa shape index (κ1) is 12.0. The van der Waals surface area contributed by atoms with Crippen molar-refractivity contribution >= 4 is 15.9 Å². The molecule has 0 radical (unpaired) electrons. The minimum Gasteiger partial charge on any atom is -0.329 e.